The van der Waals surface area contributed by atoms with E-state index in [2.05, 4.69) is 19.7 Å². The number of carbonyl (C=O) groups excluding carboxylic acids is 3. The Bertz CT molecular complexity index is 3410. The summed E-state index contributed by atoms with van der Waals surface area (Å²) in [5, 5.41) is 61.7. The van der Waals surface area contributed by atoms with E-state index in [1.165, 1.54) is 83.1 Å². The van der Waals surface area contributed by atoms with Gasteiger partial charge in [-0.15, -0.1) is 0 Å². The minimum Gasteiger partial charge on any atom is -0.462 e. The Morgan fingerprint density at radius 2 is 0.575 bits per heavy atom. The molecule has 714 valence electrons. The zero-order chi connectivity index (χ0) is 98.5. The first-order chi connectivity index (χ1) is 51.2. The number of esters is 3. The fraction of sp³-hybridized carbons (Fsp3) is 0.889. The summed E-state index contributed by atoms with van der Waals surface area (Å²) in [6.45, 7) is 55.5. The van der Waals surface area contributed by atoms with Gasteiger partial charge in [0.15, 0.2) is 5.60 Å². The van der Waals surface area contributed by atoms with Crippen LogP contribution in [-0.4, -0.2) is 211 Å². The standard InChI is InChI=1S/C29H50F6O6.C26H41F9O6.C26H44F6O6/c1-18(2)20(36)39-17-21(3,4)15-19(16-22(5,6)40-25(11,12)24(9,10)37)23(7,8)41-26(13,14)27(38,28(30,31)32)29(33,34)35;1-14(2)15(36)39-16(18(5,6)40-20(9,10)22(13,37)24(27,28)29)17(3,4)19(7,8)41-21(11,12)23(38,25(30,31)32)26(33,34)35;1-15(2)18(33)36-16(3)17(14-19(4,5)37-22(10,11)21(8,9)34)20(6,7)38-23(12,13)24(35,25(27,28)29)26(30,31)32/h19,37-38H,1,15-17H2,2-14H3;16,37-38H,1H2,2-13H3;16-17,34-35H,1,14H2,2-13H3. The first kappa shape index (κ1) is 120. The molecule has 0 rings (SSSR count). The summed E-state index contributed by atoms with van der Waals surface area (Å²) >= 11 is 0. The average molecular weight is 1800 g/mol. The van der Waals surface area contributed by atoms with Crippen molar-refractivity contribution in [3.63, 3.8) is 0 Å². The van der Waals surface area contributed by atoms with Gasteiger partial charge in [0.2, 0.25) is 0 Å². The highest BCUT2D eigenvalue weighted by atomic mass is 19.4. The van der Waals surface area contributed by atoms with Gasteiger partial charge in [0.25, 0.3) is 16.8 Å². The van der Waals surface area contributed by atoms with Gasteiger partial charge < -0.3 is 73.3 Å². The van der Waals surface area contributed by atoms with Gasteiger partial charge in [-0.3, -0.25) is 0 Å². The van der Waals surface area contributed by atoms with Crippen molar-refractivity contribution in [1.29, 1.82) is 0 Å². The van der Waals surface area contributed by atoms with E-state index in [4.69, 9.17) is 42.6 Å². The Hall–Kier alpha value is -4.32. The normalized spacial score (nSPS) is 16.8. The van der Waals surface area contributed by atoms with Crippen LogP contribution >= 0.6 is 0 Å². The van der Waals surface area contributed by atoms with Crippen molar-refractivity contribution < 1.29 is 180 Å². The molecule has 0 aliphatic rings. The number of aliphatic hydroxyl groups is 6. The van der Waals surface area contributed by atoms with Crippen LogP contribution in [0.4, 0.5) is 92.2 Å². The second kappa shape index (κ2) is 36.8. The van der Waals surface area contributed by atoms with Crippen molar-refractivity contribution in [1.82, 2.24) is 0 Å². The van der Waals surface area contributed by atoms with Gasteiger partial charge in [-0.25, -0.2) is 14.4 Å². The highest BCUT2D eigenvalue weighted by Crippen LogP contribution is 2.59. The van der Waals surface area contributed by atoms with Gasteiger partial charge in [-0.1, -0.05) is 47.4 Å². The molecular weight excluding hydrogens is 1660 g/mol. The number of halogens is 21. The van der Waals surface area contributed by atoms with Crippen LogP contribution in [-0.2, 0) is 57.0 Å². The molecular formula is C81H135F21O18. The van der Waals surface area contributed by atoms with Gasteiger partial charge in [0.1, 0.15) is 40.2 Å². The van der Waals surface area contributed by atoms with Crippen molar-refractivity contribution in [3.8, 4) is 0 Å². The minimum absolute atomic E-state index is 0.0249. The molecule has 39 heteroatoms. The monoisotopic (exact) mass is 1790 g/mol. The largest absolute Gasteiger partial charge is 0.462 e. The molecule has 6 N–H and O–H groups in total. The average Bonchev–Trinajstić information content (AvgIpc) is 0.734. The third-order valence-electron chi connectivity index (χ3n) is 22.6. The van der Waals surface area contributed by atoms with E-state index >= 15 is 0 Å². The molecule has 0 aliphatic heterocycles. The van der Waals surface area contributed by atoms with E-state index in [1.54, 1.807) is 83.1 Å². The molecule has 0 heterocycles. The van der Waals surface area contributed by atoms with E-state index in [1.807, 2.05) is 0 Å². The molecule has 0 fully saturated rings. The van der Waals surface area contributed by atoms with Gasteiger partial charge in [-0.05, 0) is 259 Å². The number of rotatable bonds is 37. The molecule has 0 aliphatic carbocycles. The molecule has 0 aromatic heterocycles. The lowest BCUT2D eigenvalue weighted by Crippen LogP contribution is -2.72. The van der Waals surface area contributed by atoms with E-state index in [0.29, 0.717) is 48.5 Å². The maximum atomic E-state index is 13.8. The second-order valence-electron chi connectivity index (χ2n) is 39.9. The number of hydrogen-bond donors (Lipinski definition) is 6. The lowest BCUT2D eigenvalue weighted by Gasteiger charge is -2.56. The lowest BCUT2D eigenvalue weighted by atomic mass is 9.67. The number of carbonyl (C=O) groups is 3. The number of alkyl halides is 21. The Labute approximate surface area is 693 Å². The van der Waals surface area contributed by atoms with Crippen molar-refractivity contribution in [2.45, 2.75) is 432 Å². The Morgan fingerprint density at radius 1 is 0.308 bits per heavy atom. The molecule has 0 amide bonds. The van der Waals surface area contributed by atoms with Gasteiger partial charge >= 0.3 is 61.1 Å². The maximum absolute atomic E-state index is 13.8. The fourth-order valence-electron chi connectivity index (χ4n) is 13.7. The van der Waals surface area contributed by atoms with Gasteiger partial charge in [-0.2, -0.15) is 92.2 Å². The zero-order valence-electron chi connectivity index (χ0n) is 76.3. The number of ether oxygens (including phenoxy) is 9. The summed E-state index contributed by atoms with van der Waals surface area (Å²) in [6.07, 6.45) is -45.0. The summed E-state index contributed by atoms with van der Waals surface area (Å²) < 4.78 is 339. The van der Waals surface area contributed by atoms with Gasteiger partial charge in [0, 0.05) is 28.1 Å². The fourth-order valence-corrected chi connectivity index (χ4v) is 13.7. The molecule has 0 saturated heterocycles. The van der Waals surface area contributed by atoms with E-state index in [9.17, 15) is 137 Å². The molecule has 5 unspecified atom stereocenters. The van der Waals surface area contributed by atoms with Crippen LogP contribution in [0.25, 0.3) is 0 Å². The van der Waals surface area contributed by atoms with Crippen molar-refractivity contribution in [2.75, 3.05) is 6.61 Å². The summed E-state index contributed by atoms with van der Waals surface area (Å²) in [5.74, 6) is -4.46. The highest BCUT2D eigenvalue weighted by Gasteiger charge is 2.81. The molecule has 0 spiro atoms. The molecule has 0 radical (unpaired) electrons. The highest BCUT2D eigenvalue weighted by molar-refractivity contribution is 5.88. The zero-order valence-corrected chi connectivity index (χ0v) is 76.3. The Kier molecular flexibility index (Phi) is 36.7. The topological polar surface area (TPSA) is 256 Å². The second-order valence-corrected chi connectivity index (χ2v) is 39.9. The van der Waals surface area contributed by atoms with Crippen LogP contribution in [0.3, 0.4) is 0 Å². The quantitative estimate of drug-likeness (QED) is 0.0146. The van der Waals surface area contributed by atoms with E-state index < -0.39 is 197 Å². The van der Waals surface area contributed by atoms with Crippen LogP contribution in [0.1, 0.15) is 275 Å². The van der Waals surface area contributed by atoms with Crippen molar-refractivity contribution in [3.05, 3.63) is 36.5 Å². The Balaban J connectivity index is -0.00000171. The van der Waals surface area contributed by atoms with Crippen molar-refractivity contribution >= 4 is 17.9 Å². The van der Waals surface area contributed by atoms with Crippen LogP contribution in [0.15, 0.2) is 36.5 Å². The van der Waals surface area contributed by atoms with Crippen LogP contribution in [0.2, 0.25) is 0 Å². The number of hydrogen-bond acceptors (Lipinski definition) is 18. The molecule has 5 atom stereocenters. The summed E-state index contributed by atoms with van der Waals surface area (Å²) in [6, 6.07) is 0. The smallest absolute Gasteiger partial charge is 0.429 e. The third kappa shape index (κ3) is 28.1. The lowest BCUT2D eigenvalue weighted by molar-refractivity contribution is -0.425. The van der Waals surface area contributed by atoms with Crippen LogP contribution in [0.5, 0.6) is 0 Å². The first-order valence-electron chi connectivity index (χ1n) is 37.8. The summed E-state index contributed by atoms with van der Waals surface area (Å²) in [4.78, 5) is 36.9. The van der Waals surface area contributed by atoms with E-state index in [-0.39, 0.29) is 42.6 Å². The molecule has 0 saturated carbocycles. The summed E-state index contributed by atoms with van der Waals surface area (Å²) in [7, 11) is 0. The minimum atomic E-state index is -6.25. The predicted octanol–water partition coefficient (Wildman–Crippen LogP) is 20.4. The molecule has 0 aromatic rings. The molecule has 0 aromatic carbocycles. The molecule has 120 heavy (non-hydrogen) atoms. The van der Waals surface area contributed by atoms with Crippen molar-refractivity contribution in [2.24, 2.45) is 22.7 Å². The maximum Gasteiger partial charge on any atom is 0.429 e. The van der Waals surface area contributed by atoms with Crippen LogP contribution in [0, 0.1) is 22.7 Å². The first-order valence-corrected chi connectivity index (χ1v) is 37.8. The summed E-state index contributed by atoms with van der Waals surface area (Å²) in [5.41, 5.74) is -49.2. The Morgan fingerprint density at radius 3 is 0.850 bits per heavy atom. The van der Waals surface area contributed by atoms with E-state index in [0.717, 1.165) is 41.5 Å². The third-order valence-corrected chi connectivity index (χ3v) is 22.6. The van der Waals surface area contributed by atoms with Gasteiger partial charge in [0.05, 0.1) is 57.0 Å². The van der Waals surface area contributed by atoms with Crippen LogP contribution < -0.4 is 0 Å². The SMILES string of the molecule is C=C(C)C(=O)OC(C(C)(C)OC(C)(C)C(C)(O)C(F)(F)F)C(C)(C)C(C)(C)OC(C)(C)C(O)(C(F)(F)F)C(F)(F)F.C=C(C)C(=O)OC(C)C(CC(C)(C)OC(C)(C)C(C)(C)O)C(C)(C)OC(C)(C)C(O)(C(F)(F)F)C(F)(F)F.C=C(C)C(=O)OCC(C)(C)CC(CC(C)(C)OC(C)(C)C(C)(C)O)C(C)(C)OC(C)(C)C(O)(C(F)(F)F)C(F)(F)F. The predicted molar refractivity (Wildman–Crippen MR) is 405 cm³/mol. The molecule has 18 nitrogen and oxygen atoms in total. The molecule has 0 bridgehead atoms.